The second kappa shape index (κ2) is 9.75. The molecule has 1 aliphatic rings. The molecule has 1 aliphatic heterocycles. The molecule has 0 bridgehead atoms. The Balaban J connectivity index is 2.12. The first-order chi connectivity index (χ1) is 14.7. The van der Waals surface area contributed by atoms with Gasteiger partial charge in [0.05, 0.1) is 28.3 Å². The van der Waals surface area contributed by atoms with Crippen LogP contribution in [0.25, 0.3) is 5.76 Å². The third-order valence-electron chi connectivity index (χ3n) is 4.95. The molecule has 1 N–H and O–H groups in total. The fourth-order valence-corrected chi connectivity index (χ4v) is 3.83. The Kier molecular flexibility index (Phi) is 7.29. The average molecular weight is 462 g/mol. The van der Waals surface area contributed by atoms with E-state index in [1.54, 1.807) is 6.07 Å². The predicted molar refractivity (Wildman–Crippen MR) is 123 cm³/mol. The third kappa shape index (κ3) is 4.89. The topological polar surface area (TPSA) is 66.8 Å². The number of aliphatic hydroxyl groups excluding tert-OH is 1. The number of ether oxygens (including phenoxy) is 1. The maximum absolute atomic E-state index is 12.9. The monoisotopic (exact) mass is 461 g/mol. The van der Waals surface area contributed by atoms with Gasteiger partial charge in [-0.05, 0) is 48.2 Å². The van der Waals surface area contributed by atoms with E-state index in [2.05, 4.69) is 13.8 Å². The average Bonchev–Trinajstić information content (AvgIpc) is 2.99. The minimum atomic E-state index is -0.726. The Bertz CT molecular complexity index is 1030. The molecular formula is C24H25Cl2NO4. The van der Waals surface area contributed by atoms with E-state index in [4.69, 9.17) is 27.9 Å². The van der Waals surface area contributed by atoms with Crippen molar-refractivity contribution in [2.45, 2.75) is 33.2 Å². The summed E-state index contributed by atoms with van der Waals surface area (Å²) in [6, 6.07) is 11.1. The van der Waals surface area contributed by atoms with Crippen molar-refractivity contribution >= 4 is 40.7 Å². The van der Waals surface area contributed by atoms with Gasteiger partial charge in [-0.25, -0.2) is 0 Å². The van der Waals surface area contributed by atoms with Gasteiger partial charge in [-0.3, -0.25) is 9.59 Å². The fraction of sp³-hybridized carbons (Fsp3) is 0.333. The largest absolute Gasteiger partial charge is 0.507 e. The van der Waals surface area contributed by atoms with Crippen molar-refractivity contribution in [2.75, 3.05) is 13.2 Å². The van der Waals surface area contributed by atoms with Crippen LogP contribution in [0.5, 0.6) is 5.75 Å². The molecule has 1 fully saturated rings. The molecule has 7 heteroatoms. The summed E-state index contributed by atoms with van der Waals surface area (Å²) >= 11 is 12.1. The second-order valence-electron chi connectivity index (χ2n) is 7.90. The van der Waals surface area contributed by atoms with Crippen LogP contribution in [-0.4, -0.2) is 34.8 Å². The number of aliphatic hydroxyl groups is 1. The molecule has 0 aromatic heterocycles. The highest BCUT2D eigenvalue weighted by atomic mass is 35.5. The lowest BCUT2D eigenvalue weighted by Gasteiger charge is -2.25. The maximum Gasteiger partial charge on any atom is 0.295 e. The highest BCUT2D eigenvalue weighted by Gasteiger charge is 2.45. The normalized spacial score (nSPS) is 18.1. The molecular weight excluding hydrogens is 437 g/mol. The number of carbonyl (C=O) groups excluding carboxylic acids is 2. The molecule has 2 aromatic rings. The summed E-state index contributed by atoms with van der Waals surface area (Å²) in [5.41, 5.74) is 1.04. The summed E-state index contributed by atoms with van der Waals surface area (Å²) in [4.78, 5) is 27.2. The van der Waals surface area contributed by atoms with Gasteiger partial charge in [0, 0.05) is 12.1 Å². The minimum Gasteiger partial charge on any atom is -0.507 e. The van der Waals surface area contributed by atoms with Crippen molar-refractivity contribution in [2.24, 2.45) is 5.92 Å². The lowest BCUT2D eigenvalue weighted by molar-refractivity contribution is -0.139. The molecule has 0 radical (unpaired) electrons. The number of carbonyl (C=O) groups is 2. The van der Waals surface area contributed by atoms with Gasteiger partial charge in [0.15, 0.2) is 0 Å². The van der Waals surface area contributed by atoms with Crippen LogP contribution in [0.4, 0.5) is 0 Å². The number of hydrogen-bond acceptors (Lipinski definition) is 4. The Morgan fingerprint density at radius 1 is 1.13 bits per heavy atom. The Morgan fingerprint density at radius 2 is 1.87 bits per heavy atom. The van der Waals surface area contributed by atoms with Gasteiger partial charge in [-0.2, -0.15) is 0 Å². The Labute approximate surface area is 192 Å². The highest BCUT2D eigenvalue weighted by Crippen LogP contribution is 2.41. The van der Waals surface area contributed by atoms with Crippen LogP contribution in [-0.2, 0) is 9.59 Å². The number of amides is 1. The van der Waals surface area contributed by atoms with Gasteiger partial charge in [-0.1, -0.05) is 56.1 Å². The Morgan fingerprint density at radius 3 is 2.52 bits per heavy atom. The molecule has 1 heterocycles. The number of nitrogens with zero attached hydrogens (tertiary/aromatic N) is 1. The van der Waals surface area contributed by atoms with Crippen LogP contribution < -0.4 is 4.74 Å². The molecule has 164 valence electrons. The SMILES string of the molecule is CCCN1C(=O)C(=O)/C(=C(\O)c2ccc(Cl)c(Cl)c2)C1c1cccc(OCC(C)C)c1. The summed E-state index contributed by atoms with van der Waals surface area (Å²) in [6.45, 7) is 6.96. The smallest absolute Gasteiger partial charge is 0.295 e. The molecule has 1 saturated heterocycles. The van der Waals surface area contributed by atoms with Gasteiger partial charge in [-0.15, -0.1) is 0 Å². The van der Waals surface area contributed by atoms with E-state index < -0.39 is 17.7 Å². The minimum absolute atomic E-state index is 0.0258. The molecule has 2 aromatic carbocycles. The number of hydrogen-bond donors (Lipinski definition) is 1. The molecule has 0 saturated carbocycles. The molecule has 1 unspecified atom stereocenters. The third-order valence-corrected chi connectivity index (χ3v) is 5.69. The van der Waals surface area contributed by atoms with E-state index in [1.165, 1.54) is 17.0 Å². The van der Waals surface area contributed by atoms with Crippen molar-refractivity contribution in [3.63, 3.8) is 0 Å². The second-order valence-corrected chi connectivity index (χ2v) is 8.71. The van der Waals surface area contributed by atoms with Crippen molar-refractivity contribution in [1.29, 1.82) is 0 Å². The van der Waals surface area contributed by atoms with E-state index >= 15 is 0 Å². The Hall–Kier alpha value is -2.50. The summed E-state index contributed by atoms with van der Waals surface area (Å²) in [5, 5.41) is 11.6. The molecule has 0 spiro atoms. The van der Waals surface area contributed by atoms with Crippen LogP contribution >= 0.6 is 23.2 Å². The van der Waals surface area contributed by atoms with Crippen molar-refractivity contribution in [1.82, 2.24) is 4.90 Å². The van der Waals surface area contributed by atoms with E-state index in [-0.39, 0.29) is 16.4 Å². The van der Waals surface area contributed by atoms with Crippen molar-refractivity contribution < 1.29 is 19.4 Å². The number of Topliss-reactive ketones (excluding diaryl/α,β-unsaturated/α-hetero) is 1. The fourth-order valence-electron chi connectivity index (χ4n) is 3.53. The summed E-state index contributed by atoms with van der Waals surface area (Å²) in [7, 11) is 0. The molecule has 0 aliphatic carbocycles. The summed E-state index contributed by atoms with van der Waals surface area (Å²) < 4.78 is 5.83. The maximum atomic E-state index is 12.9. The van der Waals surface area contributed by atoms with Crippen LogP contribution in [0.3, 0.4) is 0 Å². The van der Waals surface area contributed by atoms with Gasteiger partial charge >= 0.3 is 0 Å². The lowest BCUT2D eigenvalue weighted by atomic mass is 9.95. The zero-order valence-corrected chi connectivity index (χ0v) is 19.2. The van der Waals surface area contributed by atoms with Gasteiger partial charge in [0.25, 0.3) is 11.7 Å². The van der Waals surface area contributed by atoms with Crippen LogP contribution in [0.15, 0.2) is 48.0 Å². The van der Waals surface area contributed by atoms with Crippen LogP contribution in [0, 0.1) is 5.92 Å². The van der Waals surface area contributed by atoms with Gasteiger partial charge < -0.3 is 14.7 Å². The number of halogens is 2. The van der Waals surface area contributed by atoms with E-state index in [1.807, 2.05) is 31.2 Å². The lowest BCUT2D eigenvalue weighted by Crippen LogP contribution is -2.30. The van der Waals surface area contributed by atoms with E-state index in [0.717, 1.165) is 0 Å². The zero-order chi connectivity index (χ0) is 22.7. The molecule has 1 atom stereocenters. The molecule has 5 nitrogen and oxygen atoms in total. The first-order valence-corrected chi connectivity index (χ1v) is 11.0. The molecule has 1 amide bonds. The number of rotatable bonds is 7. The van der Waals surface area contributed by atoms with E-state index in [0.29, 0.717) is 47.4 Å². The first-order valence-electron chi connectivity index (χ1n) is 10.2. The van der Waals surface area contributed by atoms with E-state index in [9.17, 15) is 14.7 Å². The number of likely N-dealkylation sites (tertiary alicyclic amines) is 1. The molecule has 3 rings (SSSR count). The quantitative estimate of drug-likeness (QED) is 0.318. The molecule has 31 heavy (non-hydrogen) atoms. The zero-order valence-electron chi connectivity index (χ0n) is 17.7. The van der Waals surface area contributed by atoms with Crippen molar-refractivity contribution in [3.8, 4) is 5.75 Å². The van der Waals surface area contributed by atoms with Crippen LogP contribution in [0.1, 0.15) is 44.4 Å². The first kappa shape index (κ1) is 23.2. The van der Waals surface area contributed by atoms with Gasteiger partial charge in [0.2, 0.25) is 0 Å². The highest BCUT2D eigenvalue weighted by molar-refractivity contribution is 6.46. The number of benzene rings is 2. The predicted octanol–water partition coefficient (Wildman–Crippen LogP) is 5.86. The number of ketones is 1. The van der Waals surface area contributed by atoms with Crippen LogP contribution in [0.2, 0.25) is 10.0 Å². The standard InChI is InChI=1S/C24H25Cl2NO4/c1-4-10-27-21(15-6-5-7-17(11-15)31-13-14(2)3)20(23(29)24(27)30)22(28)16-8-9-18(25)19(26)12-16/h5-9,11-12,14,21,28H,4,10,13H2,1-3H3/b22-20-. The van der Waals surface area contributed by atoms with Crippen molar-refractivity contribution in [3.05, 3.63) is 69.2 Å². The summed E-state index contributed by atoms with van der Waals surface area (Å²) in [6.07, 6.45) is 0.667. The van der Waals surface area contributed by atoms with Gasteiger partial charge in [0.1, 0.15) is 11.5 Å². The summed E-state index contributed by atoms with van der Waals surface area (Å²) in [5.74, 6) is -0.654.